The molecule has 2 aromatic heterocycles. The van der Waals surface area contributed by atoms with Gasteiger partial charge >= 0.3 is 6.18 Å². The molecule has 2 aromatic carbocycles. The number of fused-ring (bicyclic) bond motifs is 1. The Kier molecular flexibility index (Phi) is 8.86. The van der Waals surface area contributed by atoms with Gasteiger partial charge in [0.1, 0.15) is 6.54 Å². The van der Waals surface area contributed by atoms with Crippen LogP contribution in [0.15, 0.2) is 59.9 Å². The highest BCUT2D eigenvalue weighted by Crippen LogP contribution is 2.32. The quantitative estimate of drug-likeness (QED) is 0.213. The van der Waals surface area contributed by atoms with Crippen molar-refractivity contribution in [1.29, 1.82) is 0 Å². The molecule has 0 aliphatic heterocycles. The first-order valence-corrected chi connectivity index (χ1v) is 14.8. The highest BCUT2D eigenvalue weighted by atomic mass is 19.4. The monoisotopic (exact) mass is 634 g/mol. The van der Waals surface area contributed by atoms with E-state index >= 15 is 0 Å². The van der Waals surface area contributed by atoms with Crippen molar-refractivity contribution in [2.24, 2.45) is 0 Å². The van der Waals surface area contributed by atoms with Gasteiger partial charge in [0.2, 0.25) is 17.6 Å². The molecule has 1 saturated carbocycles. The molecule has 0 spiro atoms. The number of alkyl halides is 3. The summed E-state index contributed by atoms with van der Waals surface area (Å²) in [7, 11) is 0. The predicted octanol–water partition coefficient (Wildman–Crippen LogP) is 5.41. The van der Waals surface area contributed by atoms with E-state index < -0.39 is 29.1 Å². The highest BCUT2D eigenvalue weighted by molar-refractivity contribution is 6.04. The molecule has 0 unspecified atom stereocenters. The van der Waals surface area contributed by atoms with Gasteiger partial charge in [-0.05, 0) is 82.0 Å². The van der Waals surface area contributed by atoms with E-state index in [1.807, 2.05) is 6.92 Å². The molecule has 1 aliphatic rings. The summed E-state index contributed by atoms with van der Waals surface area (Å²) in [6, 6.07) is 8.92. The zero-order valence-electron chi connectivity index (χ0n) is 25.5. The first-order chi connectivity index (χ1) is 21.8. The second-order valence-corrected chi connectivity index (χ2v) is 11.2. The summed E-state index contributed by atoms with van der Waals surface area (Å²) in [6.45, 7) is 8.49. The van der Waals surface area contributed by atoms with Crippen molar-refractivity contribution in [3.05, 3.63) is 93.7 Å². The van der Waals surface area contributed by atoms with E-state index in [9.17, 15) is 32.3 Å². The number of rotatable bonds is 9. The van der Waals surface area contributed by atoms with Crippen LogP contribution >= 0.6 is 0 Å². The minimum atomic E-state index is -4.50. The first-order valence-electron chi connectivity index (χ1n) is 14.8. The number of aryl methyl sites for hydroxylation is 2. The third-order valence-electron chi connectivity index (χ3n) is 8.21. The molecule has 1 fully saturated rings. The van der Waals surface area contributed by atoms with Crippen molar-refractivity contribution in [3.8, 4) is 11.1 Å². The third kappa shape index (κ3) is 6.30. The SMILES string of the molecule is C=CC(=O)Nc1cc(C(=O)NC2CCC2)ccc1-c1c(CC)nc2n(CC(=O)Nc3ccc(C(F)(F)F)cc3)c(C)c(C)n2c1=O. The van der Waals surface area contributed by atoms with E-state index in [0.29, 0.717) is 34.6 Å². The molecule has 240 valence electrons. The number of hydrogen-bond donors (Lipinski definition) is 3. The summed E-state index contributed by atoms with van der Waals surface area (Å²) in [5.41, 5.74) is 1.55. The third-order valence-corrected chi connectivity index (χ3v) is 8.21. The van der Waals surface area contributed by atoms with E-state index in [0.717, 1.165) is 37.5 Å². The highest BCUT2D eigenvalue weighted by Gasteiger charge is 2.30. The number of aromatic nitrogens is 3. The van der Waals surface area contributed by atoms with Crippen LogP contribution in [0.3, 0.4) is 0 Å². The maximum Gasteiger partial charge on any atom is 0.416 e. The minimum absolute atomic E-state index is 0.105. The van der Waals surface area contributed by atoms with Gasteiger partial charge < -0.3 is 20.5 Å². The zero-order chi connectivity index (χ0) is 33.3. The number of benzene rings is 2. The molecule has 2 heterocycles. The molecule has 13 heteroatoms. The van der Waals surface area contributed by atoms with E-state index in [1.165, 1.54) is 22.6 Å². The lowest BCUT2D eigenvalue weighted by Gasteiger charge is -2.26. The van der Waals surface area contributed by atoms with Crippen molar-refractivity contribution in [2.75, 3.05) is 10.6 Å². The molecule has 0 atom stereocenters. The normalized spacial score (nSPS) is 13.3. The minimum Gasteiger partial charge on any atom is -0.349 e. The lowest BCUT2D eigenvalue weighted by Crippen LogP contribution is -2.39. The van der Waals surface area contributed by atoms with Crippen molar-refractivity contribution in [1.82, 2.24) is 19.3 Å². The second kappa shape index (κ2) is 12.7. The van der Waals surface area contributed by atoms with Gasteiger partial charge in [0, 0.05) is 39.9 Å². The van der Waals surface area contributed by atoms with Gasteiger partial charge in [-0.2, -0.15) is 13.2 Å². The Labute approximate surface area is 262 Å². The van der Waals surface area contributed by atoms with Gasteiger partial charge in [-0.15, -0.1) is 0 Å². The van der Waals surface area contributed by atoms with E-state index in [2.05, 4.69) is 22.5 Å². The number of hydrogen-bond acceptors (Lipinski definition) is 5. The summed E-state index contributed by atoms with van der Waals surface area (Å²) in [6.07, 6.45) is -0.235. The molecule has 0 radical (unpaired) electrons. The number of amides is 3. The van der Waals surface area contributed by atoms with Crippen molar-refractivity contribution < 1.29 is 27.6 Å². The summed E-state index contributed by atoms with van der Waals surface area (Å²) in [4.78, 5) is 57.3. The molecule has 5 rings (SSSR count). The largest absolute Gasteiger partial charge is 0.416 e. The average Bonchev–Trinajstić information content (AvgIpc) is 3.23. The Morgan fingerprint density at radius 2 is 1.74 bits per heavy atom. The average molecular weight is 635 g/mol. The van der Waals surface area contributed by atoms with Crippen LogP contribution in [0, 0.1) is 13.8 Å². The molecule has 0 bridgehead atoms. The fraction of sp³-hybridized carbons (Fsp3) is 0.303. The predicted molar refractivity (Wildman–Crippen MR) is 168 cm³/mol. The number of halogens is 3. The summed E-state index contributed by atoms with van der Waals surface area (Å²) >= 11 is 0. The van der Waals surface area contributed by atoms with Crippen LogP contribution in [0.5, 0.6) is 0 Å². The number of nitrogens with zero attached hydrogens (tertiary/aromatic N) is 3. The van der Waals surface area contributed by atoms with E-state index in [1.54, 1.807) is 30.5 Å². The van der Waals surface area contributed by atoms with E-state index in [-0.39, 0.29) is 41.2 Å². The number of nitrogens with one attached hydrogen (secondary N) is 3. The van der Waals surface area contributed by atoms with Crippen molar-refractivity contribution in [2.45, 2.75) is 65.2 Å². The molecule has 3 amide bonds. The Morgan fingerprint density at radius 3 is 2.33 bits per heavy atom. The lowest BCUT2D eigenvalue weighted by molar-refractivity contribution is -0.137. The Bertz CT molecular complexity index is 1920. The van der Waals surface area contributed by atoms with E-state index in [4.69, 9.17) is 4.98 Å². The van der Waals surface area contributed by atoms with Gasteiger partial charge in [-0.3, -0.25) is 19.2 Å². The molecule has 1 aliphatic carbocycles. The van der Waals surface area contributed by atoms with Gasteiger partial charge in [0.25, 0.3) is 11.5 Å². The molecule has 4 aromatic rings. The maximum absolute atomic E-state index is 14.2. The van der Waals surface area contributed by atoms with Crippen LogP contribution in [-0.4, -0.2) is 37.7 Å². The smallest absolute Gasteiger partial charge is 0.349 e. The lowest BCUT2D eigenvalue weighted by atomic mass is 9.92. The summed E-state index contributed by atoms with van der Waals surface area (Å²) in [5.74, 6) is -1.13. The van der Waals surface area contributed by atoms with Crippen LogP contribution in [0.25, 0.3) is 16.9 Å². The standard InChI is InChI=1S/C33H33F3N6O4/c1-5-25-29(24-15-10-20(16-26(24)39-27(43)6-2)30(45)38-22-8-7-9-22)31(46)42-19(4)18(3)41(32(42)40-25)17-28(44)37-23-13-11-21(12-14-23)33(34,35)36/h6,10-16,22H,2,5,7-9,17H2,1,3-4H3,(H,37,44)(H,38,45)(H,39,43). The Balaban J connectivity index is 1.54. The second-order valence-electron chi connectivity index (χ2n) is 11.2. The number of anilines is 2. The van der Waals surface area contributed by atoms with Crippen LogP contribution in [0.1, 0.15) is 59.2 Å². The van der Waals surface area contributed by atoms with Crippen LogP contribution in [-0.2, 0) is 28.7 Å². The van der Waals surface area contributed by atoms with Crippen molar-refractivity contribution in [3.63, 3.8) is 0 Å². The molecule has 10 nitrogen and oxygen atoms in total. The Morgan fingerprint density at radius 1 is 1.04 bits per heavy atom. The van der Waals surface area contributed by atoms with Crippen LogP contribution < -0.4 is 21.5 Å². The molecular weight excluding hydrogens is 601 g/mol. The summed E-state index contributed by atoms with van der Waals surface area (Å²) in [5, 5.41) is 8.28. The fourth-order valence-corrected chi connectivity index (χ4v) is 5.36. The zero-order valence-corrected chi connectivity index (χ0v) is 25.5. The molecule has 0 saturated heterocycles. The van der Waals surface area contributed by atoms with Gasteiger partial charge in [-0.1, -0.05) is 19.6 Å². The van der Waals surface area contributed by atoms with Crippen molar-refractivity contribution >= 4 is 34.9 Å². The topological polar surface area (TPSA) is 127 Å². The summed E-state index contributed by atoms with van der Waals surface area (Å²) < 4.78 is 41.7. The maximum atomic E-state index is 14.2. The Hall–Kier alpha value is -5.20. The van der Waals surface area contributed by atoms with Crippen LogP contribution in [0.4, 0.5) is 24.5 Å². The van der Waals surface area contributed by atoms with Crippen LogP contribution in [0.2, 0.25) is 0 Å². The van der Waals surface area contributed by atoms with Gasteiger partial charge in [0.15, 0.2) is 0 Å². The fourth-order valence-electron chi connectivity index (χ4n) is 5.36. The number of carbonyl (C=O) groups excluding carboxylic acids is 3. The van der Waals surface area contributed by atoms with Gasteiger partial charge in [0.05, 0.1) is 16.8 Å². The molecular formula is C33H33F3N6O4. The van der Waals surface area contributed by atoms with Gasteiger partial charge in [-0.25, -0.2) is 9.38 Å². The first kappa shape index (κ1) is 32.2. The number of carbonyl (C=O) groups is 3. The number of imidazole rings is 1. The molecule has 3 N–H and O–H groups in total. The molecule has 46 heavy (non-hydrogen) atoms.